The van der Waals surface area contributed by atoms with Gasteiger partial charge in [-0.15, -0.1) is 0 Å². The molecule has 0 bridgehead atoms. The Morgan fingerprint density at radius 1 is 1.36 bits per heavy atom. The number of hydrogen-bond donors (Lipinski definition) is 2. The monoisotopic (exact) mass is 329 g/mol. The Labute approximate surface area is 129 Å². The molecular formula is C14H14F3N3OS. The zero-order chi connectivity index (χ0) is 15.9. The van der Waals surface area contributed by atoms with E-state index in [9.17, 15) is 13.2 Å². The molecule has 1 aromatic carbocycles. The Bertz CT molecular complexity index is 771. The van der Waals surface area contributed by atoms with E-state index < -0.39 is 17.5 Å². The fraction of sp³-hybridized carbons (Fsp3) is 0.357. The molecule has 1 aliphatic heterocycles. The molecule has 2 heterocycles. The van der Waals surface area contributed by atoms with Crippen LogP contribution in [0.1, 0.15) is 17.3 Å². The van der Waals surface area contributed by atoms with Gasteiger partial charge in [-0.1, -0.05) is 0 Å². The predicted molar refractivity (Wildman–Crippen MR) is 76.9 cm³/mol. The molecule has 3 rings (SSSR count). The van der Waals surface area contributed by atoms with Crippen molar-refractivity contribution in [2.24, 2.45) is 5.73 Å². The van der Waals surface area contributed by atoms with Crippen LogP contribution in [-0.4, -0.2) is 22.7 Å². The van der Waals surface area contributed by atoms with Gasteiger partial charge in [0.2, 0.25) is 5.82 Å². The summed E-state index contributed by atoms with van der Waals surface area (Å²) in [5.74, 6) is -4.24. The van der Waals surface area contributed by atoms with Gasteiger partial charge < -0.3 is 20.0 Å². The van der Waals surface area contributed by atoms with Gasteiger partial charge in [-0.2, -0.15) is 4.39 Å². The van der Waals surface area contributed by atoms with Gasteiger partial charge in [0.15, 0.2) is 22.2 Å². The normalized spacial score (nSPS) is 17.2. The number of nitrogens with one attached hydrogen (secondary N) is 1. The summed E-state index contributed by atoms with van der Waals surface area (Å²) in [6, 6.07) is 0.746. The Morgan fingerprint density at radius 2 is 2.14 bits per heavy atom. The van der Waals surface area contributed by atoms with E-state index in [1.165, 1.54) is 0 Å². The minimum Gasteiger partial charge on any atom is -0.488 e. The van der Waals surface area contributed by atoms with Crippen molar-refractivity contribution in [1.82, 2.24) is 9.55 Å². The van der Waals surface area contributed by atoms with Crippen LogP contribution in [-0.2, 0) is 12.8 Å². The van der Waals surface area contributed by atoms with E-state index >= 15 is 0 Å². The second-order valence-corrected chi connectivity index (χ2v) is 5.52. The molecule has 118 valence electrons. The number of hydrogen-bond acceptors (Lipinski definition) is 3. The Hall–Kier alpha value is -1.80. The zero-order valence-corrected chi connectivity index (χ0v) is 12.4. The third-order valence-electron chi connectivity index (χ3n) is 3.73. The van der Waals surface area contributed by atoms with Crippen LogP contribution in [0.2, 0.25) is 0 Å². The first-order valence-corrected chi connectivity index (χ1v) is 7.21. The lowest BCUT2D eigenvalue weighted by Crippen LogP contribution is -2.27. The van der Waals surface area contributed by atoms with Crippen LogP contribution in [0.3, 0.4) is 0 Å². The minimum atomic E-state index is -1.51. The maximum absolute atomic E-state index is 13.7. The van der Waals surface area contributed by atoms with Crippen molar-refractivity contribution in [3.05, 3.63) is 45.7 Å². The lowest BCUT2D eigenvalue weighted by molar-refractivity contribution is 0.206. The highest BCUT2D eigenvalue weighted by atomic mass is 32.1. The van der Waals surface area contributed by atoms with Gasteiger partial charge in [0, 0.05) is 30.3 Å². The lowest BCUT2D eigenvalue weighted by Gasteiger charge is -2.28. The average molecular weight is 329 g/mol. The largest absolute Gasteiger partial charge is 0.488 e. The molecule has 0 saturated carbocycles. The van der Waals surface area contributed by atoms with Crippen LogP contribution < -0.4 is 10.5 Å². The number of fused-ring (bicyclic) bond motifs is 1. The zero-order valence-electron chi connectivity index (χ0n) is 11.5. The van der Waals surface area contributed by atoms with Crippen molar-refractivity contribution in [2.75, 3.05) is 13.2 Å². The van der Waals surface area contributed by atoms with Crippen molar-refractivity contribution < 1.29 is 17.9 Å². The molecule has 1 aromatic heterocycles. The van der Waals surface area contributed by atoms with Gasteiger partial charge in [-0.05, 0) is 24.8 Å². The first-order chi connectivity index (χ1) is 10.5. The SMILES string of the molecule is NCCc1c[nH]c(=S)n1[C@@H]1COc2c(cc(F)c(F)c2F)C1. The molecular weight excluding hydrogens is 315 g/mol. The molecule has 1 aliphatic rings. The minimum absolute atomic E-state index is 0.124. The highest BCUT2D eigenvalue weighted by Crippen LogP contribution is 2.35. The third-order valence-corrected chi connectivity index (χ3v) is 4.04. The van der Waals surface area contributed by atoms with Crippen molar-refractivity contribution in [3.63, 3.8) is 0 Å². The number of aromatic nitrogens is 2. The first-order valence-electron chi connectivity index (χ1n) is 6.81. The summed E-state index contributed by atoms with van der Waals surface area (Å²) in [5, 5.41) is 0. The Balaban J connectivity index is 1.99. The number of benzene rings is 1. The molecule has 8 heteroatoms. The fourth-order valence-electron chi connectivity index (χ4n) is 2.75. The molecule has 2 aromatic rings. The highest BCUT2D eigenvalue weighted by Gasteiger charge is 2.29. The summed E-state index contributed by atoms with van der Waals surface area (Å²) in [6.07, 6.45) is 2.67. The maximum Gasteiger partial charge on any atom is 0.203 e. The molecule has 0 amide bonds. The number of aromatic amines is 1. The quantitative estimate of drug-likeness (QED) is 0.672. The molecule has 4 nitrogen and oxygen atoms in total. The van der Waals surface area contributed by atoms with Crippen molar-refractivity contribution in [3.8, 4) is 5.75 Å². The van der Waals surface area contributed by atoms with Crippen molar-refractivity contribution >= 4 is 12.2 Å². The highest BCUT2D eigenvalue weighted by molar-refractivity contribution is 7.71. The van der Waals surface area contributed by atoms with Crippen molar-refractivity contribution in [1.29, 1.82) is 0 Å². The van der Waals surface area contributed by atoms with Gasteiger partial charge in [0.05, 0.1) is 6.04 Å². The van der Waals surface area contributed by atoms with Crippen LogP contribution in [0.15, 0.2) is 12.3 Å². The van der Waals surface area contributed by atoms with Gasteiger partial charge >= 0.3 is 0 Å². The number of H-pyrrole nitrogens is 1. The number of imidazole rings is 1. The summed E-state index contributed by atoms with van der Waals surface area (Å²) in [7, 11) is 0. The molecule has 0 radical (unpaired) electrons. The number of nitrogens with zero attached hydrogens (tertiary/aromatic N) is 1. The summed E-state index contributed by atoms with van der Waals surface area (Å²) >= 11 is 5.24. The number of rotatable bonds is 3. The second-order valence-electron chi connectivity index (χ2n) is 5.14. The van der Waals surface area contributed by atoms with Gasteiger partial charge in [-0.25, -0.2) is 8.78 Å². The van der Waals surface area contributed by atoms with Crippen LogP contribution in [0.25, 0.3) is 0 Å². The average Bonchev–Trinajstić information content (AvgIpc) is 2.86. The Morgan fingerprint density at radius 3 is 2.86 bits per heavy atom. The molecule has 0 saturated heterocycles. The summed E-state index contributed by atoms with van der Waals surface area (Å²) < 4.78 is 48.0. The van der Waals surface area contributed by atoms with Crippen LogP contribution in [0.4, 0.5) is 13.2 Å². The number of nitrogens with two attached hydrogens (primary N) is 1. The second kappa shape index (κ2) is 5.77. The van der Waals surface area contributed by atoms with E-state index in [0.717, 1.165) is 11.8 Å². The predicted octanol–water partition coefficient (Wildman–Crippen LogP) is 2.64. The van der Waals surface area contributed by atoms with E-state index in [1.54, 1.807) is 6.20 Å². The van der Waals surface area contributed by atoms with E-state index in [-0.39, 0.29) is 24.0 Å². The standard InChI is InChI=1S/C14H14F3N3OS/c15-10-4-7-3-9(6-21-13(7)12(17)11(10)16)20-8(1-2-18)5-19-14(20)22/h4-5,9H,1-3,6,18H2,(H,19,22)/t9-/m0/s1. The molecule has 22 heavy (non-hydrogen) atoms. The first kappa shape index (κ1) is 15.1. The van der Waals surface area contributed by atoms with Crippen LogP contribution in [0, 0.1) is 22.2 Å². The summed E-state index contributed by atoms with van der Waals surface area (Å²) in [5.41, 5.74) is 6.75. The summed E-state index contributed by atoms with van der Waals surface area (Å²) in [6.45, 7) is 0.573. The third kappa shape index (κ3) is 2.42. The van der Waals surface area contributed by atoms with Crippen molar-refractivity contribution in [2.45, 2.75) is 18.9 Å². The Kier molecular flexibility index (Phi) is 3.96. The maximum atomic E-state index is 13.7. The van der Waals surface area contributed by atoms with E-state index in [4.69, 9.17) is 22.7 Å². The summed E-state index contributed by atoms with van der Waals surface area (Å²) in [4.78, 5) is 2.93. The number of halogens is 3. The molecule has 3 N–H and O–H groups in total. The van der Waals surface area contributed by atoms with Gasteiger partial charge in [-0.3, -0.25) is 0 Å². The van der Waals surface area contributed by atoms with E-state index in [1.807, 2.05) is 4.57 Å². The van der Waals surface area contributed by atoms with E-state index in [0.29, 0.717) is 24.2 Å². The topological polar surface area (TPSA) is 56.0 Å². The van der Waals surface area contributed by atoms with Gasteiger partial charge in [0.1, 0.15) is 6.61 Å². The molecule has 0 aliphatic carbocycles. The van der Waals surface area contributed by atoms with Crippen LogP contribution >= 0.6 is 12.2 Å². The molecule has 0 unspecified atom stereocenters. The van der Waals surface area contributed by atoms with Crippen LogP contribution in [0.5, 0.6) is 5.75 Å². The molecule has 0 fully saturated rings. The molecule has 0 spiro atoms. The van der Waals surface area contributed by atoms with Gasteiger partial charge in [0.25, 0.3) is 0 Å². The number of ether oxygens (including phenoxy) is 1. The molecule has 1 atom stereocenters. The van der Waals surface area contributed by atoms with E-state index in [2.05, 4.69) is 4.98 Å². The lowest BCUT2D eigenvalue weighted by atomic mass is 10.0. The smallest absolute Gasteiger partial charge is 0.203 e. The fourth-order valence-corrected chi connectivity index (χ4v) is 3.07.